The van der Waals surface area contributed by atoms with Crippen molar-refractivity contribution >= 4 is 22.5 Å². The summed E-state index contributed by atoms with van der Waals surface area (Å²) in [6.45, 7) is 1.92. The molecule has 2 atom stereocenters. The largest absolute Gasteiger partial charge is 0.386 e. The molecule has 1 aromatic rings. The standard InChI is InChI=1S/C17H21F4N3OS/c1-12(25)14-22-24(13-8-4-2-5-9-13)17(26-14,16(20,21)15(18)19)23-10-6-3-7-11-23/h2,4-5,8-9,12,15,25H,3,6-7,10-11H2,1H3. The van der Waals surface area contributed by atoms with Crippen molar-refractivity contribution in [3.05, 3.63) is 30.3 Å². The lowest BCUT2D eigenvalue weighted by Gasteiger charge is -2.49. The van der Waals surface area contributed by atoms with Crippen LogP contribution in [0.3, 0.4) is 0 Å². The molecule has 1 N–H and O–H groups in total. The van der Waals surface area contributed by atoms with Crippen LogP contribution in [0.25, 0.3) is 0 Å². The lowest BCUT2D eigenvalue weighted by Crippen LogP contribution is -2.68. The van der Waals surface area contributed by atoms with Crippen LogP contribution in [-0.4, -0.2) is 51.6 Å². The summed E-state index contributed by atoms with van der Waals surface area (Å²) in [5.41, 5.74) is 0.279. The maximum absolute atomic E-state index is 15.1. The van der Waals surface area contributed by atoms with E-state index in [1.807, 2.05) is 0 Å². The molecule has 2 heterocycles. The molecule has 0 aliphatic carbocycles. The smallest absolute Gasteiger partial charge is 0.355 e. The van der Waals surface area contributed by atoms with Crippen molar-refractivity contribution in [2.45, 2.75) is 49.6 Å². The number of para-hydroxylation sites is 1. The first-order valence-corrected chi connectivity index (χ1v) is 9.34. The third kappa shape index (κ3) is 3.10. The highest BCUT2D eigenvalue weighted by molar-refractivity contribution is 8.15. The minimum atomic E-state index is -4.37. The molecular formula is C17H21F4N3OS. The van der Waals surface area contributed by atoms with Crippen molar-refractivity contribution in [3.8, 4) is 0 Å². The number of likely N-dealkylation sites (tertiary alicyclic amines) is 1. The van der Waals surface area contributed by atoms with Crippen LogP contribution in [0.4, 0.5) is 23.2 Å². The van der Waals surface area contributed by atoms with Crippen molar-refractivity contribution in [1.82, 2.24) is 4.90 Å². The molecule has 3 rings (SSSR count). The molecule has 0 spiro atoms. The number of thioether (sulfide) groups is 1. The van der Waals surface area contributed by atoms with Gasteiger partial charge in [0, 0.05) is 13.1 Å². The zero-order valence-corrected chi connectivity index (χ0v) is 15.1. The number of benzene rings is 1. The van der Waals surface area contributed by atoms with Crippen LogP contribution < -0.4 is 5.01 Å². The van der Waals surface area contributed by atoms with E-state index in [1.54, 1.807) is 30.3 Å². The van der Waals surface area contributed by atoms with E-state index in [2.05, 4.69) is 5.10 Å². The Morgan fingerprint density at radius 1 is 1.15 bits per heavy atom. The number of hydrazone groups is 1. The molecule has 2 aliphatic rings. The summed E-state index contributed by atoms with van der Waals surface area (Å²) < 4.78 is 57.2. The van der Waals surface area contributed by atoms with Gasteiger partial charge in [0.1, 0.15) is 11.1 Å². The van der Waals surface area contributed by atoms with E-state index < -0.39 is 23.4 Å². The molecule has 144 valence electrons. The molecule has 1 fully saturated rings. The Labute approximate surface area is 153 Å². The van der Waals surface area contributed by atoms with Gasteiger partial charge in [-0.05, 0) is 31.9 Å². The first-order chi connectivity index (χ1) is 12.3. The van der Waals surface area contributed by atoms with E-state index in [9.17, 15) is 13.9 Å². The Bertz CT molecular complexity index is 653. The van der Waals surface area contributed by atoms with E-state index in [4.69, 9.17) is 0 Å². The molecular weight excluding hydrogens is 370 g/mol. The minimum Gasteiger partial charge on any atom is -0.386 e. The lowest BCUT2D eigenvalue weighted by molar-refractivity contribution is -0.187. The molecule has 0 radical (unpaired) electrons. The maximum atomic E-state index is 15.1. The van der Waals surface area contributed by atoms with Gasteiger partial charge in [-0.3, -0.25) is 4.90 Å². The fourth-order valence-electron chi connectivity index (χ4n) is 3.30. The summed E-state index contributed by atoms with van der Waals surface area (Å²) in [5, 5.41) is 15.0. The van der Waals surface area contributed by atoms with Gasteiger partial charge in [-0.15, -0.1) is 0 Å². The molecule has 1 aromatic carbocycles. The Morgan fingerprint density at radius 2 is 1.77 bits per heavy atom. The fraction of sp³-hybridized carbons (Fsp3) is 0.588. The van der Waals surface area contributed by atoms with Crippen LogP contribution >= 0.6 is 11.8 Å². The SMILES string of the molecule is CC(O)C1=NN(c2ccccc2)C(N2CCCCC2)(C(F)(F)C(F)F)S1. The second kappa shape index (κ2) is 7.36. The van der Waals surface area contributed by atoms with Crippen LogP contribution in [0.2, 0.25) is 0 Å². The summed E-state index contributed by atoms with van der Waals surface area (Å²) in [7, 11) is 0. The van der Waals surface area contributed by atoms with Gasteiger partial charge in [0.05, 0.1) is 5.69 Å². The van der Waals surface area contributed by atoms with Crippen molar-refractivity contribution in [2.24, 2.45) is 5.10 Å². The van der Waals surface area contributed by atoms with Gasteiger partial charge in [0.25, 0.3) is 0 Å². The highest BCUT2D eigenvalue weighted by Gasteiger charge is 2.70. The first kappa shape index (κ1) is 19.4. The Morgan fingerprint density at radius 3 is 2.31 bits per heavy atom. The number of aliphatic hydroxyl groups excluding tert-OH is 1. The molecule has 0 bridgehead atoms. The Hall–Kier alpha value is -1.32. The third-order valence-corrected chi connectivity index (χ3v) is 6.20. The van der Waals surface area contributed by atoms with Crippen LogP contribution in [-0.2, 0) is 0 Å². The summed E-state index contributed by atoms with van der Waals surface area (Å²) in [6.07, 6.45) is -2.84. The Kier molecular flexibility index (Phi) is 5.50. The zero-order valence-electron chi connectivity index (χ0n) is 14.3. The molecule has 1 saturated heterocycles. The monoisotopic (exact) mass is 391 g/mol. The second-order valence-electron chi connectivity index (χ2n) is 6.44. The van der Waals surface area contributed by atoms with Gasteiger partial charge in [0.15, 0.2) is 0 Å². The maximum Gasteiger partial charge on any atom is 0.355 e. The van der Waals surface area contributed by atoms with Crippen molar-refractivity contribution in [1.29, 1.82) is 0 Å². The van der Waals surface area contributed by atoms with Gasteiger partial charge < -0.3 is 5.11 Å². The number of hydrogen-bond donors (Lipinski definition) is 1. The number of halogens is 4. The quantitative estimate of drug-likeness (QED) is 0.771. The fourth-order valence-corrected chi connectivity index (χ4v) is 4.66. The number of alkyl halides is 4. The molecule has 0 aromatic heterocycles. The number of piperidine rings is 1. The van der Waals surface area contributed by atoms with Gasteiger partial charge in [-0.1, -0.05) is 36.4 Å². The summed E-state index contributed by atoms with van der Waals surface area (Å²) in [6, 6.07) is 8.08. The molecule has 0 saturated carbocycles. The van der Waals surface area contributed by atoms with Crippen molar-refractivity contribution in [2.75, 3.05) is 18.1 Å². The molecule has 2 unspecified atom stereocenters. The lowest BCUT2D eigenvalue weighted by atomic mass is 10.1. The van der Waals surface area contributed by atoms with Gasteiger partial charge in [-0.2, -0.15) is 13.9 Å². The number of rotatable bonds is 5. The number of aliphatic hydroxyl groups is 1. The minimum absolute atomic E-state index is 0.000230. The molecule has 26 heavy (non-hydrogen) atoms. The van der Waals surface area contributed by atoms with Crippen LogP contribution in [0.15, 0.2) is 35.4 Å². The van der Waals surface area contributed by atoms with Gasteiger partial charge in [0.2, 0.25) is 4.99 Å². The molecule has 4 nitrogen and oxygen atoms in total. The van der Waals surface area contributed by atoms with Crippen molar-refractivity contribution < 1.29 is 22.7 Å². The van der Waals surface area contributed by atoms with E-state index in [0.717, 1.165) is 11.4 Å². The van der Waals surface area contributed by atoms with E-state index in [-0.39, 0.29) is 23.8 Å². The average Bonchev–Trinajstić information content (AvgIpc) is 3.06. The highest BCUT2D eigenvalue weighted by Crippen LogP contribution is 2.54. The summed E-state index contributed by atoms with van der Waals surface area (Å²) >= 11 is 0.533. The van der Waals surface area contributed by atoms with Crippen molar-refractivity contribution in [3.63, 3.8) is 0 Å². The van der Waals surface area contributed by atoms with Gasteiger partial charge in [-0.25, -0.2) is 13.8 Å². The summed E-state index contributed by atoms with van der Waals surface area (Å²) in [5.74, 6) is -4.37. The molecule has 0 amide bonds. The first-order valence-electron chi connectivity index (χ1n) is 8.52. The van der Waals surface area contributed by atoms with Gasteiger partial charge >= 0.3 is 12.3 Å². The van der Waals surface area contributed by atoms with E-state index in [1.165, 1.54) is 11.8 Å². The number of hydrogen-bond acceptors (Lipinski definition) is 5. The predicted molar refractivity (Wildman–Crippen MR) is 94.7 cm³/mol. The van der Waals surface area contributed by atoms with Crippen LogP contribution in [0.5, 0.6) is 0 Å². The van der Waals surface area contributed by atoms with Crippen LogP contribution in [0.1, 0.15) is 26.2 Å². The highest BCUT2D eigenvalue weighted by atomic mass is 32.2. The second-order valence-corrected chi connectivity index (χ2v) is 7.63. The normalized spacial score (nSPS) is 26.3. The third-order valence-electron chi connectivity index (χ3n) is 4.58. The van der Waals surface area contributed by atoms with E-state index in [0.29, 0.717) is 24.6 Å². The Balaban J connectivity index is 2.16. The molecule has 2 aliphatic heterocycles. The predicted octanol–water partition coefficient (Wildman–Crippen LogP) is 3.97. The number of nitrogens with zero attached hydrogens (tertiary/aromatic N) is 3. The van der Waals surface area contributed by atoms with E-state index >= 15 is 8.78 Å². The average molecular weight is 391 g/mol. The summed E-state index contributed by atoms with van der Waals surface area (Å²) in [4.78, 5) is -1.02. The number of anilines is 1. The zero-order chi connectivity index (χ0) is 18.9. The van der Waals surface area contributed by atoms with Crippen LogP contribution in [0, 0.1) is 0 Å². The topological polar surface area (TPSA) is 39.1 Å². The molecule has 9 heteroatoms.